The lowest BCUT2D eigenvalue weighted by Gasteiger charge is -2.31. The molecule has 2 aromatic rings. The number of carbonyl (C=O) groups is 2. The summed E-state index contributed by atoms with van der Waals surface area (Å²) in [6.07, 6.45) is 2.92. The highest BCUT2D eigenvalue weighted by molar-refractivity contribution is 7.88. The summed E-state index contributed by atoms with van der Waals surface area (Å²) in [4.78, 5) is 24.8. The third-order valence-corrected chi connectivity index (χ3v) is 8.16. The van der Waals surface area contributed by atoms with Gasteiger partial charge in [0.25, 0.3) is 0 Å². The maximum Gasteiger partial charge on any atom is 0.338 e. The van der Waals surface area contributed by atoms with Gasteiger partial charge in [-0.25, -0.2) is 17.5 Å². The first-order valence-corrected chi connectivity index (χ1v) is 13.6. The van der Waals surface area contributed by atoms with Crippen molar-refractivity contribution in [3.8, 4) is 0 Å². The van der Waals surface area contributed by atoms with Gasteiger partial charge in [0.15, 0.2) is 0 Å². The first-order valence-electron chi connectivity index (χ1n) is 11.2. The second-order valence-corrected chi connectivity index (χ2v) is 11.0. The number of anilines is 1. The van der Waals surface area contributed by atoms with Crippen molar-refractivity contribution in [1.29, 1.82) is 0 Å². The van der Waals surface area contributed by atoms with Crippen LogP contribution in [0.25, 0.3) is 0 Å². The summed E-state index contributed by atoms with van der Waals surface area (Å²) in [5.74, 6) is -1.35. The molecule has 7 nitrogen and oxygen atoms in total. The number of ether oxygens (including phenoxy) is 1. The molecule has 0 aliphatic carbocycles. The zero-order chi connectivity index (χ0) is 24.7. The van der Waals surface area contributed by atoms with Crippen LogP contribution < -0.4 is 5.32 Å². The lowest BCUT2D eigenvalue weighted by Crippen LogP contribution is -2.44. The maximum absolute atomic E-state index is 12.9. The predicted molar refractivity (Wildman–Crippen MR) is 134 cm³/mol. The van der Waals surface area contributed by atoms with E-state index in [1.807, 2.05) is 6.92 Å². The first kappa shape index (κ1) is 26.5. The van der Waals surface area contributed by atoms with E-state index in [2.05, 4.69) is 5.32 Å². The summed E-state index contributed by atoms with van der Waals surface area (Å²) in [5.41, 5.74) is 1.48. The molecule has 2 aromatic carbocycles. The number of nitrogens with zero attached hydrogens (tertiary/aromatic N) is 1. The summed E-state index contributed by atoms with van der Waals surface area (Å²) < 4.78 is 32.4. The molecule has 0 bridgehead atoms. The van der Waals surface area contributed by atoms with Gasteiger partial charge in [0, 0.05) is 18.8 Å². The number of hydrogen-bond acceptors (Lipinski definition) is 5. The monoisotopic (exact) mass is 526 g/mol. The van der Waals surface area contributed by atoms with Crippen LogP contribution in [0.1, 0.15) is 48.5 Å². The summed E-state index contributed by atoms with van der Waals surface area (Å²) in [6.45, 7) is 2.86. The average molecular weight is 527 g/mol. The van der Waals surface area contributed by atoms with Crippen molar-refractivity contribution < 1.29 is 22.7 Å². The summed E-state index contributed by atoms with van der Waals surface area (Å²) in [5, 5.41) is 3.48. The Kier molecular flexibility index (Phi) is 9.36. The van der Waals surface area contributed by atoms with E-state index in [-0.39, 0.29) is 18.2 Å². The van der Waals surface area contributed by atoms with E-state index >= 15 is 0 Å². The van der Waals surface area contributed by atoms with E-state index in [9.17, 15) is 18.0 Å². The van der Waals surface area contributed by atoms with Gasteiger partial charge in [0.2, 0.25) is 15.9 Å². The Morgan fingerprint density at radius 1 is 1.12 bits per heavy atom. The lowest BCUT2D eigenvalue weighted by molar-refractivity contribution is -0.120. The molecule has 0 unspecified atom stereocenters. The zero-order valence-electron chi connectivity index (χ0n) is 18.9. The van der Waals surface area contributed by atoms with Gasteiger partial charge in [-0.15, -0.1) is 0 Å². The van der Waals surface area contributed by atoms with Crippen LogP contribution in [0, 0.1) is 5.92 Å². The van der Waals surface area contributed by atoms with Gasteiger partial charge in [-0.05, 0) is 61.2 Å². The molecule has 1 heterocycles. The fraction of sp³-hybridized carbons (Fsp3) is 0.417. The molecule has 1 fully saturated rings. The van der Waals surface area contributed by atoms with Gasteiger partial charge in [-0.1, -0.05) is 42.6 Å². The fourth-order valence-corrected chi connectivity index (χ4v) is 5.59. The number of carbonyl (C=O) groups excluding carboxylic acids is 2. The van der Waals surface area contributed by atoms with E-state index in [1.54, 1.807) is 42.5 Å². The Morgan fingerprint density at radius 2 is 1.85 bits per heavy atom. The van der Waals surface area contributed by atoms with Gasteiger partial charge in [-0.3, -0.25) is 4.79 Å². The minimum Gasteiger partial charge on any atom is -0.462 e. The van der Waals surface area contributed by atoms with Crippen molar-refractivity contribution in [2.45, 2.75) is 38.4 Å². The van der Waals surface area contributed by atoms with Crippen LogP contribution in [0.3, 0.4) is 0 Å². The van der Waals surface area contributed by atoms with Crippen LogP contribution in [-0.2, 0) is 25.3 Å². The molecule has 184 valence electrons. The van der Waals surface area contributed by atoms with Crippen molar-refractivity contribution in [2.24, 2.45) is 5.92 Å². The van der Waals surface area contributed by atoms with Gasteiger partial charge in [-0.2, -0.15) is 0 Å². The minimum atomic E-state index is -3.63. The Bertz CT molecular complexity index is 1120. The van der Waals surface area contributed by atoms with Crippen LogP contribution in [0.2, 0.25) is 10.0 Å². The maximum atomic E-state index is 12.9. The molecule has 0 spiro atoms. The molecule has 34 heavy (non-hydrogen) atoms. The second kappa shape index (κ2) is 12.0. The topological polar surface area (TPSA) is 92.8 Å². The molecule has 1 atom stereocenters. The van der Waals surface area contributed by atoms with E-state index in [1.165, 1.54) is 4.31 Å². The SMILES string of the molecule is CCCCOC(=O)c1ccc(NC(=O)[C@H]2CCCN(S(=O)(=O)Cc3ccc(Cl)c(Cl)c3)C2)cc1. The number of sulfonamides is 1. The van der Waals surface area contributed by atoms with Crippen molar-refractivity contribution >= 4 is 50.8 Å². The highest BCUT2D eigenvalue weighted by Gasteiger charge is 2.32. The van der Waals surface area contributed by atoms with Gasteiger partial charge < -0.3 is 10.1 Å². The molecule has 0 radical (unpaired) electrons. The van der Waals surface area contributed by atoms with Crippen LogP contribution >= 0.6 is 23.2 Å². The van der Waals surface area contributed by atoms with Crippen LogP contribution in [0.15, 0.2) is 42.5 Å². The molecule has 10 heteroatoms. The van der Waals surface area contributed by atoms with Crippen molar-refractivity contribution in [1.82, 2.24) is 4.31 Å². The van der Waals surface area contributed by atoms with Crippen molar-refractivity contribution in [3.05, 3.63) is 63.6 Å². The first-order chi connectivity index (χ1) is 16.2. The largest absolute Gasteiger partial charge is 0.462 e. The number of benzene rings is 2. The van der Waals surface area contributed by atoms with E-state index in [0.717, 1.165) is 12.8 Å². The van der Waals surface area contributed by atoms with Gasteiger partial charge >= 0.3 is 5.97 Å². The van der Waals surface area contributed by atoms with Crippen LogP contribution in [-0.4, -0.2) is 44.3 Å². The summed E-state index contributed by atoms with van der Waals surface area (Å²) in [6, 6.07) is 11.2. The molecule has 0 aromatic heterocycles. The number of amides is 1. The Morgan fingerprint density at radius 3 is 2.53 bits per heavy atom. The van der Waals surface area contributed by atoms with Gasteiger partial charge in [0.1, 0.15) is 0 Å². The standard InChI is InChI=1S/C24H28Cl2N2O5S/c1-2-3-13-33-24(30)18-7-9-20(10-8-18)27-23(29)19-5-4-12-28(15-19)34(31,32)16-17-6-11-21(25)22(26)14-17/h6-11,14,19H,2-5,12-13,15-16H2,1H3,(H,27,29)/t19-/m0/s1. The number of piperidine rings is 1. The average Bonchev–Trinajstić information content (AvgIpc) is 2.82. The highest BCUT2D eigenvalue weighted by atomic mass is 35.5. The van der Waals surface area contributed by atoms with Crippen molar-refractivity contribution in [3.63, 3.8) is 0 Å². The number of rotatable bonds is 9. The smallest absolute Gasteiger partial charge is 0.338 e. The minimum absolute atomic E-state index is 0.108. The predicted octanol–water partition coefficient (Wildman–Crippen LogP) is 5.13. The number of unbranched alkanes of at least 4 members (excludes halogenated alkanes) is 1. The summed E-state index contributed by atoms with van der Waals surface area (Å²) in [7, 11) is -3.63. The summed E-state index contributed by atoms with van der Waals surface area (Å²) >= 11 is 11.9. The van der Waals surface area contributed by atoms with E-state index < -0.39 is 21.9 Å². The third-order valence-electron chi connectivity index (χ3n) is 5.60. The van der Waals surface area contributed by atoms with E-state index in [0.29, 0.717) is 52.9 Å². The third kappa shape index (κ3) is 7.18. The number of esters is 1. The Labute approximate surface area is 210 Å². The quantitative estimate of drug-likeness (QED) is 0.361. The van der Waals surface area contributed by atoms with Gasteiger partial charge in [0.05, 0.1) is 33.9 Å². The number of halogens is 2. The molecule has 1 aliphatic rings. The molecule has 1 saturated heterocycles. The zero-order valence-corrected chi connectivity index (χ0v) is 21.3. The molecule has 1 aliphatic heterocycles. The van der Waals surface area contributed by atoms with Crippen LogP contribution in [0.5, 0.6) is 0 Å². The highest BCUT2D eigenvalue weighted by Crippen LogP contribution is 2.26. The second-order valence-electron chi connectivity index (χ2n) is 8.26. The normalized spacial score (nSPS) is 16.7. The molecular formula is C24H28Cl2N2O5S. The fourth-order valence-electron chi connectivity index (χ4n) is 3.67. The molecule has 1 N–H and O–H groups in total. The molecule has 3 rings (SSSR count). The van der Waals surface area contributed by atoms with Crippen molar-refractivity contribution in [2.75, 3.05) is 25.0 Å². The van der Waals surface area contributed by atoms with E-state index in [4.69, 9.17) is 27.9 Å². The number of hydrogen-bond donors (Lipinski definition) is 1. The lowest BCUT2D eigenvalue weighted by atomic mass is 9.98. The molecule has 1 amide bonds. The molecular weight excluding hydrogens is 499 g/mol. The van der Waals surface area contributed by atoms with Crippen LogP contribution in [0.4, 0.5) is 5.69 Å². The Hall–Kier alpha value is -2.13. The molecule has 0 saturated carbocycles. The Balaban J connectivity index is 1.58. The number of nitrogens with one attached hydrogen (secondary N) is 1.